The van der Waals surface area contributed by atoms with Crippen LogP contribution < -0.4 is 5.73 Å². The zero-order chi connectivity index (χ0) is 10.3. The monoisotopic (exact) mass is 201 g/mol. The van der Waals surface area contributed by atoms with Crippen molar-refractivity contribution in [3.05, 3.63) is 41.7 Å². The number of nitrogens with zero attached hydrogens (tertiary/aromatic N) is 2. The SMILES string of the molecule is Nc1ccccc1-n1ncc2c1COC2. The molecule has 0 radical (unpaired) electrons. The minimum absolute atomic E-state index is 0.615. The first-order valence-corrected chi connectivity index (χ1v) is 4.84. The van der Waals surface area contributed by atoms with E-state index in [9.17, 15) is 0 Å². The van der Waals surface area contributed by atoms with Crippen LogP contribution in [0.2, 0.25) is 0 Å². The Morgan fingerprint density at radius 3 is 3.00 bits per heavy atom. The van der Waals surface area contributed by atoms with E-state index in [0.29, 0.717) is 13.2 Å². The smallest absolute Gasteiger partial charge is 0.0897 e. The third-order valence-corrected chi connectivity index (χ3v) is 2.62. The highest BCUT2D eigenvalue weighted by Crippen LogP contribution is 2.24. The maximum Gasteiger partial charge on any atom is 0.0897 e. The molecule has 0 saturated carbocycles. The van der Waals surface area contributed by atoms with E-state index in [1.54, 1.807) is 0 Å². The molecule has 0 saturated heterocycles. The first-order chi connectivity index (χ1) is 7.36. The highest BCUT2D eigenvalue weighted by Gasteiger charge is 2.18. The lowest BCUT2D eigenvalue weighted by Crippen LogP contribution is -2.04. The van der Waals surface area contributed by atoms with Crippen molar-refractivity contribution in [2.75, 3.05) is 5.73 Å². The Hall–Kier alpha value is -1.81. The van der Waals surface area contributed by atoms with Gasteiger partial charge in [-0.1, -0.05) is 12.1 Å². The van der Waals surface area contributed by atoms with Crippen molar-refractivity contribution in [1.82, 2.24) is 9.78 Å². The van der Waals surface area contributed by atoms with Crippen molar-refractivity contribution >= 4 is 5.69 Å². The molecule has 4 heteroatoms. The van der Waals surface area contributed by atoms with Crippen molar-refractivity contribution in [2.24, 2.45) is 0 Å². The van der Waals surface area contributed by atoms with Crippen molar-refractivity contribution in [1.29, 1.82) is 0 Å². The van der Waals surface area contributed by atoms with Gasteiger partial charge in [0.05, 0.1) is 36.5 Å². The van der Waals surface area contributed by atoms with Gasteiger partial charge >= 0.3 is 0 Å². The van der Waals surface area contributed by atoms with Crippen LogP contribution in [0.1, 0.15) is 11.3 Å². The largest absolute Gasteiger partial charge is 0.397 e. The Labute approximate surface area is 87.3 Å². The standard InChI is InChI=1S/C11H11N3O/c12-9-3-1-2-4-10(9)14-11-7-15-6-8(11)5-13-14/h1-5H,6-7,12H2. The lowest BCUT2D eigenvalue weighted by Gasteiger charge is -2.07. The molecule has 2 aromatic rings. The van der Waals surface area contributed by atoms with Gasteiger partial charge in [-0.05, 0) is 12.1 Å². The number of fused-ring (bicyclic) bond motifs is 1. The third kappa shape index (κ3) is 1.22. The maximum atomic E-state index is 5.90. The summed E-state index contributed by atoms with van der Waals surface area (Å²) >= 11 is 0. The molecular formula is C11H11N3O. The molecule has 1 aromatic heterocycles. The summed E-state index contributed by atoms with van der Waals surface area (Å²) in [6.45, 7) is 1.27. The number of anilines is 1. The molecule has 76 valence electrons. The second-order valence-corrected chi connectivity index (χ2v) is 3.58. The summed E-state index contributed by atoms with van der Waals surface area (Å²) in [5.74, 6) is 0. The van der Waals surface area contributed by atoms with Gasteiger partial charge in [-0.15, -0.1) is 0 Å². The summed E-state index contributed by atoms with van der Waals surface area (Å²) in [7, 11) is 0. The van der Waals surface area contributed by atoms with Crippen LogP contribution in [0, 0.1) is 0 Å². The highest BCUT2D eigenvalue weighted by molar-refractivity contribution is 5.57. The predicted molar refractivity (Wildman–Crippen MR) is 56.5 cm³/mol. The van der Waals surface area contributed by atoms with Crippen LogP contribution in [-0.2, 0) is 18.0 Å². The number of aromatic nitrogens is 2. The Balaban J connectivity index is 2.17. The fraction of sp³-hybridized carbons (Fsp3) is 0.182. The molecule has 1 aliphatic rings. The average molecular weight is 201 g/mol. The van der Waals surface area contributed by atoms with Gasteiger partial charge in [0.2, 0.25) is 0 Å². The van der Waals surface area contributed by atoms with E-state index in [4.69, 9.17) is 10.5 Å². The van der Waals surface area contributed by atoms with E-state index < -0.39 is 0 Å². The third-order valence-electron chi connectivity index (χ3n) is 2.62. The normalized spacial score (nSPS) is 14.1. The molecule has 0 bridgehead atoms. The Bertz CT molecular complexity index is 504. The molecular weight excluding hydrogens is 190 g/mol. The van der Waals surface area contributed by atoms with Gasteiger partial charge in [0.15, 0.2) is 0 Å². The molecule has 0 atom stereocenters. The van der Waals surface area contributed by atoms with E-state index in [1.807, 2.05) is 35.1 Å². The Kier molecular flexibility index (Phi) is 1.76. The van der Waals surface area contributed by atoms with E-state index >= 15 is 0 Å². The molecule has 0 spiro atoms. The number of benzene rings is 1. The Morgan fingerprint density at radius 1 is 1.27 bits per heavy atom. The van der Waals surface area contributed by atoms with Crippen LogP contribution in [0.5, 0.6) is 0 Å². The molecule has 1 aliphatic heterocycles. The van der Waals surface area contributed by atoms with Gasteiger partial charge in [-0.3, -0.25) is 0 Å². The quantitative estimate of drug-likeness (QED) is 0.711. The van der Waals surface area contributed by atoms with Crippen molar-refractivity contribution in [3.63, 3.8) is 0 Å². The predicted octanol–water partition coefficient (Wildman–Crippen LogP) is 1.48. The number of hydrogen-bond acceptors (Lipinski definition) is 3. The molecule has 15 heavy (non-hydrogen) atoms. The van der Waals surface area contributed by atoms with Gasteiger partial charge in [-0.2, -0.15) is 5.10 Å². The van der Waals surface area contributed by atoms with Gasteiger partial charge in [0.25, 0.3) is 0 Å². The Morgan fingerprint density at radius 2 is 2.13 bits per heavy atom. The van der Waals surface area contributed by atoms with E-state index in [2.05, 4.69) is 5.10 Å². The zero-order valence-electron chi connectivity index (χ0n) is 8.18. The average Bonchev–Trinajstić information content (AvgIpc) is 2.80. The number of hydrogen-bond donors (Lipinski definition) is 1. The molecule has 2 N–H and O–H groups in total. The fourth-order valence-corrected chi connectivity index (χ4v) is 1.83. The number of ether oxygens (including phenoxy) is 1. The van der Waals surface area contributed by atoms with Crippen LogP contribution in [0.3, 0.4) is 0 Å². The van der Waals surface area contributed by atoms with Crippen LogP contribution in [-0.4, -0.2) is 9.78 Å². The number of nitrogen functional groups attached to an aromatic ring is 1. The minimum Gasteiger partial charge on any atom is -0.397 e. The zero-order valence-corrected chi connectivity index (χ0v) is 8.18. The molecule has 0 fully saturated rings. The lowest BCUT2D eigenvalue weighted by molar-refractivity contribution is 0.130. The van der Waals surface area contributed by atoms with E-state index in [0.717, 1.165) is 22.6 Å². The van der Waals surface area contributed by atoms with Crippen molar-refractivity contribution in [2.45, 2.75) is 13.2 Å². The first-order valence-electron chi connectivity index (χ1n) is 4.84. The molecule has 0 aliphatic carbocycles. The first kappa shape index (κ1) is 8.49. The molecule has 3 rings (SSSR count). The summed E-state index contributed by atoms with van der Waals surface area (Å²) in [6.07, 6.45) is 1.84. The summed E-state index contributed by atoms with van der Waals surface area (Å²) in [5.41, 5.74) is 9.81. The summed E-state index contributed by atoms with van der Waals surface area (Å²) in [4.78, 5) is 0. The molecule has 0 amide bonds. The fourth-order valence-electron chi connectivity index (χ4n) is 1.83. The molecule has 0 unspecified atom stereocenters. The van der Waals surface area contributed by atoms with Crippen molar-refractivity contribution in [3.8, 4) is 5.69 Å². The lowest BCUT2D eigenvalue weighted by atomic mass is 10.2. The topological polar surface area (TPSA) is 53.1 Å². The summed E-state index contributed by atoms with van der Waals surface area (Å²) < 4.78 is 7.21. The van der Waals surface area contributed by atoms with Crippen LogP contribution in [0.25, 0.3) is 5.69 Å². The van der Waals surface area contributed by atoms with Crippen molar-refractivity contribution < 1.29 is 4.74 Å². The van der Waals surface area contributed by atoms with Crippen LogP contribution in [0.4, 0.5) is 5.69 Å². The highest BCUT2D eigenvalue weighted by atomic mass is 16.5. The second kappa shape index (κ2) is 3.10. The minimum atomic E-state index is 0.615. The van der Waals surface area contributed by atoms with Crippen LogP contribution in [0.15, 0.2) is 30.5 Å². The second-order valence-electron chi connectivity index (χ2n) is 3.58. The number of para-hydroxylation sites is 2. The summed E-state index contributed by atoms with van der Waals surface area (Å²) in [6, 6.07) is 7.70. The van der Waals surface area contributed by atoms with Crippen LogP contribution >= 0.6 is 0 Å². The van der Waals surface area contributed by atoms with Gasteiger partial charge in [-0.25, -0.2) is 4.68 Å². The van der Waals surface area contributed by atoms with E-state index in [-0.39, 0.29) is 0 Å². The molecule has 2 heterocycles. The molecule has 4 nitrogen and oxygen atoms in total. The maximum absolute atomic E-state index is 5.90. The summed E-state index contributed by atoms with van der Waals surface area (Å²) in [5, 5.41) is 4.33. The van der Waals surface area contributed by atoms with Gasteiger partial charge in [0.1, 0.15) is 0 Å². The van der Waals surface area contributed by atoms with Gasteiger partial charge < -0.3 is 10.5 Å². The van der Waals surface area contributed by atoms with E-state index in [1.165, 1.54) is 0 Å². The number of nitrogens with two attached hydrogens (primary N) is 1. The van der Waals surface area contributed by atoms with Gasteiger partial charge in [0, 0.05) is 5.56 Å². The number of rotatable bonds is 1. The molecule has 1 aromatic carbocycles.